The molecule has 3 heterocycles. The molecule has 0 radical (unpaired) electrons. The quantitative estimate of drug-likeness (QED) is 0.668. The molecule has 150 valence electrons. The topological polar surface area (TPSA) is 49.0 Å². The molecule has 1 aliphatic heterocycles. The van der Waals surface area contributed by atoms with Crippen LogP contribution in [-0.4, -0.2) is 21.9 Å². The highest BCUT2D eigenvalue weighted by molar-refractivity contribution is 5.83. The highest BCUT2D eigenvalue weighted by atomic mass is 19.3. The van der Waals surface area contributed by atoms with Crippen molar-refractivity contribution in [2.24, 2.45) is 5.92 Å². The first-order valence-corrected chi connectivity index (χ1v) is 9.41. The van der Waals surface area contributed by atoms with Gasteiger partial charge in [0.15, 0.2) is 11.6 Å². The molecule has 0 amide bonds. The molecule has 2 aromatic heterocycles. The first-order chi connectivity index (χ1) is 13.8. The van der Waals surface area contributed by atoms with E-state index in [2.05, 4.69) is 9.97 Å². The van der Waals surface area contributed by atoms with Crippen LogP contribution in [0.3, 0.4) is 0 Å². The van der Waals surface area contributed by atoms with Gasteiger partial charge in [0.1, 0.15) is 0 Å². The van der Waals surface area contributed by atoms with Crippen LogP contribution in [0.15, 0.2) is 41.3 Å². The second kappa shape index (κ2) is 6.30. The Morgan fingerprint density at radius 3 is 2.76 bits per heavy atom. The molecule has 5 rings (SSSR count). The zero-order valence-electron chi connectivity index (χ0n) is 15.3. The Hall–Kier alpha value is -2.90. The third-order valence-corrected chi connectivity index (χ3v) is 5.98. The molecule has 0 spiro atoms. The van der Waals surface area contributed by atoms with Crippen molar-refractivity contribution in [2.45, 2.75) is 37.8 Å². The molecule has 3 aromatic rings. The summed E-state index contributed by atoms with van der Waals surface area (Å²) in [5, 5.41) is 0.388. The average molecular weight is 403 g/mol. The van der Waals surface area contributed by atoms with Gasteiger partial charge in [0.2, 0.25) is 11.5 Å². The summed E-state index contributed by atoms with van der Waals surface area (Å²) in [5.74, 6) is -4.99. The number of alkyl halides is 2. The number of hydrogen-bond acceptors (Lipinski definition) is 3. The van der Waals surface area contributed by atoms with Gasteiger partial charge in [0.25, 0.3) is 0 Å². The standard InChI is InChI=1S/C21H17F4N3O/c22-14-4-3-13-11(6-18(29)27-20(13)19(14)23)10-28-16-2-1-5-26-15(16)7-17(28)12-8-21(24,25)9-12/h1-6,12,17H,7-10H2,(H,27,29). The van der Waals surface area contributed by atoms with Crippen LogP contribution in [0, 0.1) is 17.6 Å². The van der Waals surface area contributed by atoms with Gasteiger partial charge in [-0.1, -0.05) is 0 Å². The fourth-order valence-corrected chi connectivity index (χ4v) is 4.59. The van der Waals surface area contributed by atoms with E-state index in [1.165, 1.54) is 12.1 Å². The van der Waals surface area contributed by atoms with Gasteiger partial charge in [0, 0.05) is 49.5 Å². The summed E-state index contributed by atoms with van der Waals surface area (Å²) < 4.78 is 54.9. The number of nitrogens with one attached hydrogen (secondary N) is 1. The fourth-order valence-electron chi connectivity index (χ4n) is 4.59. The number of fused-ring (bicyclic) bond motifs is 2. The van der Waals surface area contributed by atoms with Crippen molar-refractivity contribution in [2.75, 3.05) is 4.90 Å². The Kier molecular flexibility index (Phi) is 3.94. The van der Waals surface area contributed by atoms with E-state index in [1.54, 1.807) is 12.3 Å². The number of aromatic nitrogens is 2. The number of pyridine rings is 2. The normalized spacial score (nSPS) is 20.7. The van der Waals surface area contributed by atoms with Crippen LogP contribution in [0.5, 0.6) is 0 Å². The van der Waals surface area contributed by atoms with Crippen LogP contribution >= 0.6 is 0 Å². The number of halogens is 4. The maximum Gasteiger partial charge on any atom is 0.248 e. The summed E-state index contributed by atoms with van der Waals surface area (Å²) in [5.41, 5.74) is 1.41. The van der Waals surface area contributed by atoms with Crippen molar-refractivity contribution >= 4 is 16.6 Å². The first kappa shape index (κ1) is 18.1. The lowest BCUT2D eigenvalue weighted by Crippen LogP contribution is -2.48. The van der Waals surface area contributed by atoms with Crippen molar-refractivity contribution in [3.8, 4) is 0 Å². The minimum Gasteiger partial charge on any atom is -0.362 e. The summed E-state index contributed by atoms with van der Waals surface area (Å²) in [7, 11) is 0. The Morgan fingerprint density at radius 1 is 1.21 bits per heavy atom. The van der Waals surface area contributed by atoms with Gasteiger partial charge in [-0.2, -0.15) is 0 Å². The van der Waals surface area contributed by atoms with E-state index in [9.17, 15) is 22.4 Å². The summed E-state index contributed by atoms with van der Waals surface area (Å²) >= 11 is 0. The second-order valence-electron chi connectivity index (χ2n) is 7.84. The van der Waals surface area contributed by atoms with Crippen LogP contribution in [0.4, 0.5) is 23.2 Å². The molecular formula is C21H17F4N3O. The monoisotopic (exact) mass is 403 g/mol. The van der Waals surface area contributed by atoms with Gasteiger partial charge in [-0.3, -0.25) is 9.78 Å². The smallest absolute Gasteiger partial charge is 0.248 e. The molecule has 1 aliphatic carbocycles. The molecule has 1 aromatic carbocycles. The zero-order valence-corrected chi connectivity index (χ0v) is 15.3. The molecule has 29 heavy (non-hydrogen) atoms. The van der Waals surface area contributed by atoms with E-state index in [0.717, 1.165) is 17.4 Å². The number of aromatic amines is 1. The molecule has 8 heteroatoms. The summed E-state index contributed by atoms with van der Waals surface area (Å²) in [6.07, 6.45) is 1.84. The lowest BCUT2D eigenvalue weighted by atomic mass is 9.75. The van der Waals surface area contributed by atoms with E-state index in [1.807, 2.05) is 11.0 Å². The SMILES string of the molecule is O=c1cc(CN2c3cccnc3CC2C2CC(F)(F)C2)c2ccc(F)c(F)c2[nH]1. The Bertz CT molecular complexity index is 1170. The predicted octanol–water partition coefficient (Wildman–Crippen LogP) is 4.18. The summed E-state index contributed by atoms with van der Waals surface area (Å²) in [6, 6.07) is 7.25. The maximum atomic E-state index is 14.2. The molecular weight excluding hydrogens is 386 g/mol. The van der Waals surface area contributed by atoms with Crippen LogP contribution in [-0.2, 0) is 13.0 Å². The number of anilines is 1. The van der Waals surface area contributed by atoms with E-state index < -0.39 is 23.1 Å². The highest BCUT2D eigenvalue weighted by Gasteiger charge is 2.51. The number of nitrogens with zero attached hydrogens (tertiary/aromatic N) is 2. The fraction of sp³-hybridized carbons (Fsp3) is 0.333. The second-order valence-corrected chi connectivity index (χ2v) is 7.84. The van der Waals surface area contributed by atoms with Crippen LogP contribution in [0.25, 0.3) is 10.9 Å². The third kappa shape index (κ3) is 2.97. The van der Waals surface area contributed by atoms with Gasteiger partial charge in [-0.15, -0.1) is 0 Å². The van der Waals surface area contributed by atoms with Gasteiger partial charge in [0.05, 0.1) is 16.9 Å². The lowest BCUT2D eigenvalue weighted by Gasteiger charge is -2.42. The van der Waals surface area contributed by atoms with Crippen molar-refractivity contribution in [3.63, 3.8) is 0 Å². The maximum absolute atomic E-state index is 14.2. The van der Waals surface area contributed by atoms with Gasteiger partial charge in [-0.05, 0) is 35.7 Å². The molecule has 1 atom stereocenters. The Balaban J connectivity index is 1.57. The molecule has 0 bridgehead atoms. The van der Waals surface area contributed by atoms with Crippen LogP contribution in [0.1, 0.15) is 24.1 Å². The van der Waals surface area contributed by atoms with E-state index >= 15 is 0 Å². The number of benzene rings is 1. The van der Waals surface area contributed by atoms with Gasteiger partial charge in [-0.25, -0.2) is 17.6 Å². The molecule has 1 fully saturated rings. The highest BCUT2D eigenvalue weighted by Crippen LogP contribution is 2.49. The van der Waals surface area contributed by atoms with Gasteiger partial charge < -0.3 is 9.88 Å². The van der Waals surface area contributed by atoms with E-state index in [4.69, 9.17) is 0 Å². The predicted molar refractivity (Wildman–Crippen MR) is 100 cm³/mol. The third-order valence-electron chi connectivity index (χ3n) is 5.98. The van der Waals surface area contributed by atoms with E-state index in [-0.39, 0.29) is 36.9 Å². The van der Waals surface area contributed by atoms with Gasteiger partial charge >= 0.3 is 0 Å². The molecule has 4 nitrogen and oxygen atoms in total. The minimum absolute atomic E-state index is 0.181. The molecule has 0 saturated heterocycles. The summed E-state index contributed by atoms with van der Waals surface area (Å²) in [6.45, 7) is 0.219. The number of rotatable bonds is 3. The molecule has 1 N–H and O–H groups in total. The minimum atomic E-state index is -2.64. The van der Waals surface area contributed by atoms with Crippen molar-refractivity contribution < 1.29 is 17.6 Å². The van der Waals surface area contributed by atoms with Crippen LogP contribution < -0.4 is 10.5 Å². The van der Waals surface area contributed by atoms with Crippen LogP contribution in [0.2, 0.25) is 0 Å². The summed E-state index contributed by atoms with van der Waals surface area (Å²) in [4.78, 5) is 20.8. The average Bonchev–Trinajstić information content (AvgIpc) is 3.01. The lowest BCUT2D eigenvalue weighted by molar-refractivity contribution is -0.116. The molecule has 1 unspecified atom stereocenters. The zero-order chi connectivity index (χ0) is 20.3. The van der Waals surface area contributed by atoms with E-state index in [0.29, 0.717) is 17.4 Å². The molecule has 2 aliphatic rings. The first-order valence-electron chi connectivity index (χ1n) is 9.41. The van der Waals surface area contributed by atoms with Crippen molar-refractivity contribution in [1.82, 2.24) is 9.97 Å². The Morgan fingerprint density at radius 2 is 2.00 bits per heavy atom. The number of H-pyrrole nitrogens is 1. The van der Waals surface area contributed by atoms with Crippen molar-refractivity contribution in [1.29, 1.82) is 0 Å². The number of hydrogen-bond donors (Lipinski definition) is 1. The molecule has 1 saturated carbocycles. The largest absolute Gasteiger partial charge is 0.362 e. The Labute approximate surface area is 163 Å². The van der Waals surface area contributed by atoms with Crippen molar-refractivity contribution in [3.05, 3.63) is 69.8 Å².